The Morgan fingerprint density at radius 3 is 3.00 bits per heavy atom. The van der Waals surface area contributed by atoms with Crippen molar-refractivity contribution in [1.29, 1.82) is 0 Å². The number of alkyl halides is 1. The molecule has 7 heavy (non-hydrogen) atoms. The number of hydrogen-bond acceptors (Lipinski definition) is 3. The highest BCUT2D eigenvalue weighted by Crippen LogP contribution is 1.96. The standard InChI is InChI=1S/C3H3BrN2O/c4-1-3-5-2-6-7-3/h2H,1H2. The molecule has 3 nitrogen and oxygen atoms in total. The van der Waals surface area contributed by atoms with Crippen molar-refractivity contribution in [3.8, 4) is 0 Å². The Hall–Kier alpha value is -0.380. The summed E-state index contributed by atoms with van der Waals surface area (Å²) < 4.78 is 4.57. The van der Waals surface area contributed by atoms with Crippen LogP contribution in [0.3, 0.4) is 0 Å². The minimum atomic E-state index is 0.611. The second kappa shape index (κ2) is 2.07. The quantitative estimate of drug-likeness (QED) is 0.578. The largest absolute Gasteiger partial charge is 0.339 e. The van der Waals surface area contributed by atoms with Crippen molar-refractivity contribution < 1.29 is 4.52 Å². The monoisotopic (exact) mass is 162 g/mol. The molecule has 0 N–H and O–H groups in total. The predicted molar refractivity (Wildman–Crippen MR) is 26.9 cm³/mol. The van der Waals surface area contributed by atoms with Crippen LogP contribution in [-0.2, 0) is 5.33 Å². The maximum absolute atomic E-state index is 4.57. The van der Waals surface area contributed by atoms with Crippen molar-refractivity contribution in [2.24, 2.45) is 0 Å². The molecule has 38 valence electrons. The van der Waals surface area contributed by atoms with E-state index in [2.05, 4.69) is 30.6 Å². The molecule has 1 aromatic heterocycles. The zero-order valence-electron chi connectivity index (χ0n) is 3.47. The van der Waals surface area contributed by atoms with Crippen LogP contribution >= 0.6 is 15.9 Å². The first-order valence-corrected chi connectivity index (χ1v) is 2.87. The molecule has 0 aliphatic rings. The summed E-state index contributed by atoms with van der Waals surface area (Å²) in [4.78, 5) is 3.71. The maximum Gasteiger partial charge on any atom is 0.237 e. The van der Waals surface area contributed by atoms with E-state index in [1.807, 2.05) is 0 Å². The van der Waals surface area contributed by atoms with Crippen molar-refractivity contribution in [2.75, 3.05) is 0 Å². The third kappa shape index (κ3) is 0.991. The van der Waals surface area contributed by atoms with E-state index in [4.69, 9.17) is 0 Å². The topological polar surface area (TPSA) is 38.9 Å². The maximum atomic E-state index is 4.57. The van der Waals surface area contributed by atoms with Gasteiger partial charge in [-0.25, -0.2) is 0 Å². The normalized spacial score (nSPS) is 9.29. The molecular weight excluding hydrogens is 160 g/mol. The van der Waals surface area contributed by atoms with E-state index >= 15 is 0 Å². The van der Waals surface area contributed by atoms with E-state index in [0.717, 1.165) is 0 Å². The van der Waals surface area contributed by atoms with Crippen LogP contribution in [0.4, 0.5) is 0 Å². The van der Waals surface area contributed by atoms with E-state index < -0.39 is 0 Å². The highest BCUT2D eigenvalue weighted by Gasteiger charge is 1.89. The lowest BCUT2D eigenvalue weighted by Crippen LogP contribution is -1.69. The van der Waals surface area contributed by atoms with Crippen LogP contribution < -0.4 is 0 Å². The van der Waals surface area contributed by atoms with E-state index in [1.54, 1.807) is 0 Å². The van der Waals surface area contributed by atoms with E-state index in [0.29, 0.717) is 11.2 Å². The van der Waals surface area contributed by atoms with Crippen LogP contribution in [0.2, 0.25) is 0 Å². The Labute approximate surface area is 48.8 Å². The lowest BCUT2D eigenvalue weighted by molar-refractivity contribution is 0.391. The third-order valence-corrected chi connectivity index (χ3v) is 1.00. The molecule has 0 radical (unpaired) electrons. The van der Waals surface area contributed by atoms with Crippen molar-refractivity contribution in [2.45, 2.75) is 5.33 Å². The van der Waals surface area contributed by atoms with Gasteiger partial charge in [0.2, 0.25) is 5.89 Å². The number of halogens is 1. The summed E-state index contributed by atoms with van der Waals surface area (Å²) in [6, 6.07) is 0. The molecule has 4 heteroatoms. The van der Waals surface area contributed by atoms with Crippen LogP contribution in [0.1, 0.15) is 5.89 Å². The molecule has 1 aromatic rings. The SMILES string of the molecule is BrCc1ncno1. The highest BCUT2D eigenvalue weighted by molar-refractivity contribution is 9.08. The van der Waals surface area contributed by atoms with Gasteiger partial charge in [0.05, 0.1) is 5.33 Å². The van der Waals surface area contributed by atoms with Gasteiger partial charge in [0, 0.05) is 0 Å². The summed E-state index contributed by atoms with van der Waals surface area (Å²) in [5.41, 5.74) is 0. The van der Waals surface area contributed by atoms with Gasteiger partial charge < -0.3 is 4.52 Å². The second-order valence-electron chi connectivity index (χ2n) is 0.969. The summed E-state index contributed by atoms with van der Waals surface area (Å²) in [5.74, 6) is 0.611. The van der Waals surface area contributed by atoms with E-state index in [-0.39, 0.29) is 0 Å². The molecular formula is C3H3BrN2O. The molecule has 0 aliphatic carbocycles. The molecule has 0 amide bonds. The molecule has 0 aromatic carbocycles. The number of aromatic nitrogens is 2. The Morgan fingerprint density at radius 2 is 2.71 bits per heavy atom. The molecule has 0 spiro atoms. The number of rotatable bonds is 1. The van der Waals surface area contributed by atoms with Gasteiger partial charge in [-0.3, -0.25) is 0 Å². The minimum absolute atomic E-state index is 0.611. The zero-order valence-corrected chi connectivity index (χ0v) is 5.05. The van der Waals surface area contributed by atoms with E-state index in [1.165, 1.54) is 6.33 Å². The van der Waals surface area contributed by atoms with Crippen LogP contribution in [-0.4, -0.2) is 10.1 Å². The third-order valence-electron chi connectivity index (χ3n) is 0.521. The molecule has 0 bridgehead atoms. The van der Waals surface area contributed by atoms with E-state index in [9.17, 15) is 0 Å². The summed E-state index contributed by atoms with van der Waals surface area (Å²) in [5, 5.41) is 4.01. The fraction of sp³-hybridized carbons (Fsp3) is 0.333. The molecule has 0 saturated heterocycles. The second-order valence-corrected chi connectivity index (χ2v) is 1.53. The van der Waals surface area contributed by atoms with Crippen molar-refractivity contribution in [1.82, 2.24) is 10.1 Å². The van der Waals surface area contributed by atoms with Gasteiger partial charge in [-0.05, 0) is 0 Å². The van der Waals surface area contributed by atoms with Gasteiger partial charge in [-0.15, -0.1) is 0 Å². The van der Waals surface area contributed by atoms with Crippen LogP contribution in [0.5, 0.6) is 0 Å². The summed E-state index contributed by atoms with van der Waals surface area (Å²) >= 11 is 3.14. The highest BCUT2D eigenvalue weighted by atomic mass is 79.9. The molecule has 0 aliphatic heterocycles. The average molecular weight is 163 g/mol. The Balaban J connectivity index is 2.76. The van der Waals surface area contributed by atoms with Gasteiger partial charge in [-0.2, -0.15) is 4.98 Å². The van der Waals surface area contributed by atoms with Gasteiger partial charge >= 0.3 is 0 Å². The molecule has 0 atom stereocenters. The molecule has 0 unspecified atom stereocenters. The lowest BCUT2D eigenvalue weighted by atomic mass is 10.8. The van der Waals surface area contributed by atoms with Crippen molar-refractivity contribution in [3.63, 3.8) is 0 Å². The van der Waals surface area contributed by atoms with Crippen molar-refractivity contribution >= 4 is 15.9 Å². The molecule has 0 saturated carbocycles. The van der Waals surface area contributed by atoms with Crippen LogP contribution in [0, 0.1) is 0 Å². The minimum Gasteiger partial charge on any atom is -0.339 e. The zero-order chi connectivity index (χ0) is 5.11. The fourth-order valence-corrected chi connectivity index (χ4v) is 0.502. The van der Waals surface area contributed by atoms with Crippen molar-refractivity contribution in [3.05, 3.63) is 12.2 Å². The average Bonchev–Trinajstić information content (AvgIpc) is 2.14. The van der Waals surface area contributed by atoms with Crippen LogP contribution in [0.15, 0.2) is 10.9 Å². The first-order chi connectivity index (χ1) is 3.43. The number of hydrogen-bond donors (Lipinski definition) is 0. The molecule has 0 fully saturated rings. The van der Waals surface area contributed by atoms with Gasteiger partial charge in [-0.1, -0.05) is 21.1 Å². The summed E-state index contributed by atoms with van der Waals surface area (Å²) in [6.07, 6.45) is 1.37. The first-order valence-electron chi connectivity index (χ1n) is 1.75. The Kier molecular flexibility index (Phi) is 1.41. The molecule has 1 rings (SSSR count). The van der Waals surface area contributed by atoms with Gasteiger partial charge in [0.15, 0.2) is 6.33 Å². The first kappa shape index (κ1) is 4.77. The Bertz CT molecular complexity index is 127. The van der Waals surface area contributed by atoms with Gasteiger partial charge in [0.1, 0.15) is 0 Å². The Morgan fingerprint density at radius 1 is 1.86 bits per heavy atom. The van der Waals surface area contributed by atoms with Crippen LogP contribution in [0.25, 0.3) is 0 Å². The summed E-state index contributed by atoms with van der Waals surface area (Å²) in [7, 11) is 0. The predicted octanol–water partition coefficient (Wildman–Crippen LogP) is 0.965. The summed E-state index contributed by atoms with van der Waals surface area (Å²) in [6.45, 7) is 0. The van der Waals surface area contributed by atoms with Gasteiger partial charge in [0.25, 0.3) is 0 Å². The molecule has 1 heterocycles. The fourth-order valence-electron chi connectivity index (χ4n) is 0.255. The number of nitrogens with zero attached hydrogens (tertiary/aromatic N) is 2. The smallest absolute Gasteiger partial charge is 0.237 e. The lowest BCUT2D eigenvalue weighted by Gasteiger charge is -1.72.